The Morgan fingerprint density at radius 1 is 0.479 bits per heavy atom. The second kappa shape index (κ2) is 9.50. The standard InChI is InChI=1S/C44H26N2O2/c1-2-11-27(12-3-1)29-21-22-40-34(23-24-47-40)42(29)45(39-19-10-16-33-32-15-6-9-20-41(32)48-44(33)39)28-25-35-30-13-4-7-17-37(30)46-38-18-8-5-14-31(38)36(26-28)43(35)46/h1-26H. The lowest BCUT2D eigenvalue weighted by Crippen LogP contribution is -2.12. The van der Waals surface area contributed by atoms with E-state index in [0.29, 0.717) is 0 Å². The number of hydrogen-bond acceptors (Lipinski definition) is 3. The molecule has 11 aromatic rings. The van der Waals surface area contributed by atoms with Gasteiger partial charge in [-0.1, -0.05) is 97.1 Å². The number of furan rings is 2. The summed E-state index contributed by atoms with van der Waals surface area (Å²) in [6.45, 7) is 0. The molecule has 0 amide bonds. The molecule has 0 N–H and O–H groups in total. The van der Waals surface area contributed by atoms with Crippen molar-refractivity contribution in [3.63, 3.8) is 0 Å². The second-order valence-electron chi connectivity index (χ2n) is 12.5. The van der Waals surface area contributed by atoms with Gasteiger partial charge in [0.2, 0.25) is 0 Å². The zero-order valence-electron chi connectivity index (χ0n) is 25.7. The number of nitrogens with zero attached hydrogens (tertiary/aromatic N) is 2. The summed E-state index contributed by atoms with van der Waals surface area (Å²) in [5.41, 5.74) is 11.5. The predicted octanol–water partition coefficient (Wildman–Crippen LogP) is 12.6. The van der Waals surface area contributed by atoms with Gasteiger partial charge >= 0.3 is 0 Å². The first-order valence-corrected chi connectivity index (χ1v) is 16.3. The van der Waals surface area contributed by atoms with E-state index in [-0.39, 0.29) is 0 Å². The summed E-state index contributed by atoms with van der Waals surface area (Å²) in [6, 6.07) is 53.9. The molecule has 48 heavy (non-hydrogen) atoms. The fraction of sp³-hybridized carbons (Fsp3) is 0. The Bertz CT molecular complexity index is 2930. The van der Waals surface area contributed by atoms with Crippen molar-refractivity contribution in [1.82, 2.24) is 4.40 Å². The third kappa shape index (κ3) is 3.38. The summed E-state index contributed by atoms with van der Waals surface area (Å²) in [7, 11) is 0. The first-order chi connectivity index (χ1) is 23.8. The maximum atomic E-state index is 6.74. The van der Waals surface area contributed by atoms with Crippen LogP contribution < -0.4 is 4.90 Å². The van der Waals surface area contributed by atoms with Crippen molar-refractivity contribution >= 4 is 88.1 Å². The highest BCUT2D eigenvalue weighted by atomic mass is 16.3. The Balaban J connectivity index is 1.34. The van der Waals surface area contributed by atoms with Crippen LogP contribution in [0.5, 0.6) is 0 Å². The molecule has 0 aliphatic heterocycles. The highest BCUT2D eigenvalue weighted by molar-refractivity contribution is 6.25. The summed E-state index contributed by atoms with van der Waals surface area (Å²) in [4.78, 5) is 2.40. The number of para-hydroxylation sites is 4. The van der Waals surface area contributed by atoms with Gasteiger partial charge in [0.05, 0.1) is 34.2 Å². The fourth-order valence-electron chi connectivity index (χ4n) is 7.98. The summed E-state index contributed by atoms with van der Waals surface area (Å²) >= 11 is 0. The molecule has 7 aromatic carbocycles. The summed E-state index contributed by atoms with van der Waals surface area (Å²) < 4.78 is 15.2. The fourth-order valence-corrected chi connectivity index (χ4v) is 7.98. The van der Waals surface area contributed by atoms with Gasteiger partial charge in [0, 0.05) is 49.0 Å². The molecule has 0 aliphatic rings. The molecular weight excluding hydrogens is 588 g/mol. The molecule has 0 fully saturated rings. The largest absolute Gasteiger partial charge is 0.464 e. The van der Waals surface area contributed by atoms with Crippen molar-refractivity contribution in [2.45, 2.75) is 0 Å². The Labute approximate surface area is 274 Å². The molecule has 0 saturated heterocycles. The summed E-state index contributed by atoms with van der Waals surface area (Å²) in [5.74, 6) is 0. The predicted molar refractivity (Wildman–Crippen MR) is 198 cm³/mol. The maximum Gasteiger partial charge on any atom is 0.159 e. The minimum Gasteiger partial charge on any atom is -0.464 e. The van der Waals surface area contributed by atoms with E-state index in [0.717, 1.165) is 61.1 Å². The van der Waals surface area contributed by atoms with Crippen molar-refractivity contribution in [2.24, 2.45) is 0 Å². The first-order valence-electron chi connectivity index (χ1n) is 16.3. The van der Waals surface area contributed by atoms with Gasteiger partial charge in [0.1, 0.15) is 11.2 Å². The zero-order chi connectivity index (χ0) is 31.3. The number of benzene rings is 7. The molecule has 0 aliphatic carbocycles. The summed E-state index contributed by atoms with van der Waals surface area (Å²) in [5, 5.41) is 8.12. The van der Waals surface area contributed by atoms with Crippen LogP contribution in [0.15, 0.2) is 167 Å². The van der Waals surface area contributed by atoms with E-state index in [9.17, 15) is 0 Å². The van der Waals surface area contributed by atoms with E-state index in [1.54, 1.807) is 6.26 Å². The second-order valence-corrected chi connectivity index (χ2v) is 12.5. The molecule has 0 atom stereocenters. The number of rotatable bonds is 4. The molecule has 0 unspecified atom stereocenters. The van der Waals surface area contributed by atoms with E-state index in [2.05, 4.69) is 149 Å². The average molecular weight is 615 g/mol. The molecule has 4 heterocycles. The van der Waals surface area contributed by atoms with Crippen molar-refractivity contribution in [3.8, 4) is 11.1 Å². The lowest BCUT2D eigenvalue weighted by Gasteiger charge is -2.29. The minimum atomic E-state index is 0.832. The lowest BCUT2D eigenvalue weighted by molar-refractivity contribution is 0.616. The van der Waals surface area contributed by atoms with E-state index >= 15 is 0 Å². The smallest absolute Gasteiger partial charge is 0.159 e. The van der Waals surface area contributed by atoms with Crippen LogP contribution in [0, 0.1) is 0 Å². The summed E-state index contributed by atoms with van der Waals surface area (Å²) in [6.07, 6.45) is 1.79. The van der Waals surface area contributed by atoms with Crippen LogP contribution in [0.1, 0.15) is 0 Å². The topological polar surface area (TPSA) is 33.9 Å². The van der Waals surface area contributed by atoms with Crippen molar-refractivity contribution < 1.29 is 8.83 Å². The monoisotopic (exact) mass is 614 g/mol. The third-order valence-corrected chi connectivity index (χ3v) is 9.99. The van der Waals surface area contributed by atoms with Crippen LogP contribution in [0.3, 0.4) is 0 Å². The number of aromatic nitrogens is 1. The Morgan fingerprint density at radius 3 is 1.92 bits per heavy atom. The van der Waals surface area contributed by atoms with Crippen LogP contribution in [0.2, 0.25) is 0 Å². The first kappa shape index (κ1) is 25.6. The molecule has 0 spiro atoms. The normalized spacial score (nSPS) is 12.2. The quantitative estimate of drug-likeness (QED) is 0.198. The zero-order valence-corrected chi connectivity index (χ0v) is 25.7. The SMILES string of the molecule is c1ccc(-c2ccc3occc3c2N(c2cc3c4ccccc4n4c5ccccc5c(c2)c34)c2cccc3c2oc2ccccc23)cc1. The van der Waals surface area contributed by atoms with Crippen LogP contribution in [-0.2, 0) is 0 Å². The molecule has 4 heteroatoms. The van der Waals surface area contributed by atoms with Gasteiger partial charge in [-0.3, -0.25) is 0 Å². The molecule has 0 bridgehead atoms. The van der Waals surface area contributed by atoms with Crippen molar-refractivity contribution in [1.29, 1.82) is 0 Å². The van der Waals surface area contributed by atoms with Gasteiger partial charge < -0.3 is 18.1 Å². The molecule has 4 aromatic heterocycles. The third-order valence-electron chi connectivity index (χ3n) is 9.99. The maximum absolute atomic E-state index is 6.74. The van der Waals surface area contributed by atoms with E-state index in [4.69, 9.17) is 8.83 Å². The van der Waals surface area contributed by atoms with Crippen LogP contribution >= 0.6 is 0 Å². The van der Waals surface area contributed by atoms with Crippen LogP contribution in [-0.4, -0.2) is 4.40 Å². The van der Waals surface area contributed by atoms with E-state index in [1.165, 1.54) is 38.1 Å². The van der Waals surface area contributed by atoms with Crippen molar-refractivity contribution in [2.75, 3.05) is 4.90 Å². The highest BCUT2D eigenvalue weighted by Crippen LogP contribution is 2.50. The average Bonchev–Trinajstić information content (AvgIpc) is 3.92. The molecule has 11 rings (SSSR count). The van der Waals surface area contributed by atoms with Gasteiger partial charge in [-0.25, -0.2) is 0 Å². The van der Waals surface area contributed by atoms with Crippen LogP contribution in [0.25, 0.3) is 82.1 Å². The lowest BCUT2D eigenvalue weighted by atomic mass is 9.98. The molecule has 0 saturated carbocycles. The van der Waals surface area contributed by atoms with Gasteiger partial charge in [-0.05, 0) is 60.2 Å². The van der Waals surface area contributed by atoms with Gasteiger partial charge in [-0.15, -0.1) is 0 Å². The van der Waals surface area contributed by atoms with Gasteiger partial charge in [0.15, 0.2) is 5.58 Å². The Morgan fingerprint density at radius 2 is 1.15 bits per heavy atom. The molecule has 4 nitrogen and oxygen atoms in total. The van der Waals surface area contributed by atoms with Gasteiger partial charge in [0.25, 0.3) is 0 Å². The van der Waals surface area contributed by atoms with Gasteiger partial charge in [-0.2, -0.15) is 0 Å². The number of anilines is 3. The highest BCUT2D eigenvalue weighted by Gasteiger charge is 2.27. The molecule has 0 radical (unpaired) electrons. The van der Waals surface area contributed by atoms with Crippen LogP contribution in [0.4, 0.5) is 17.1 Å². The molecular formula is C44H26N2O2. The minimum absolute atomic E-state index is 0.832. The van der Waals surface area contributed by atoms with Crippen molar-refractivity contribution in [3.05, 3.63) is 158 Å². The Kier molecular flexibility index (Phi) is 5.08. The Hall–Kier alpha value is -6.52. The number of hydrogen-bond donors (Lipinski definition) is 0. The van der Waals surface area contributed by atoms with E-state index < -0.39 is 0 Å². The molecule has 224 valence electrons. The number of fused-ring (bicyclic) bond motifs is 10. The van der Waals surface area contributed by atoms with E-state index in [1.807, 2.05) is 12.1 Å².